The lowest BCUT2D eigenvalue weighted by molar-refractivity contribution is 0.0992. The second-order valence-electron chi connectivity index (χ2n) is 2.65. The summed E-state index contributed by atoms with van der Waals surface area (Å²) in [6.07, 6.45) is 2.41. The summed E-state index contributed by atoms with van der Waals surface area (Å²) in [4.78, 5) is 12.1. The highest BCUT2D eigenvalue weighted by Gasteiger charge is 2.19. The van der Waals surface area contributed by atoms with E-state index in [1.54, 1.807) is 18.9 Å². The Bertz CT molecular complexity index is 347. The van der Waals surface area contributed by atoms with Gasteiger partial charge >= 0.3 is 0 Å². The molecule has 0 radical (unpaired) electrons. The molecule has 0 aliphatic carbocycles. The molecule has 5 heteroatoms. The van der Waals surface area contributed by atoms with E-state index < -0.39 is 0 Å². The van der Waals surface area contributed by atoms with Crippen LogP contribution < -0.4 is 10.5 Å². The van der Waals surface area contributed by atoms with Crippen molar-refractivity contribution < 1.29 is 9.53 Å². The van der Waals surface area contributed by atoms with Gasteiger partial charge in [-0.25, -0.2) is 0 Å². The zero-order valence-corrected chi connectivity index (χ0v) is 10.1. The molecule has 0 atom stereocenters. The van der Waals surface area contributed by atoms with Crippen LogP contribution in [0, 0.1) is 0 Å². The van der Waals surface area contributed by atoms with Crippen LogP contribution in [0.15, 0.2) is 4.21 Å². The van der Waals surface area contributed by atoms with E-state index in [4.69, 9.17) is 10.5 Å². The smallest absolute Gasteiger partial charge is 0.174 e. The fraction of sp³-hybridized carbons (Fsp3) is 0.444. The minimum absolute atomic E-state index is 0.0751. The van der Waals surface area contributed by atoms with Crippen LogP contribution in [0.1, 0.15) is 23.0 Å². The molecule has 1 aromatic heterocycles. The third-order valence-corrected chi connectivity index (χ3v) is 4.16. The Morgan fingerprint density at radius 1 is 1.64 bits per heavy atom. The van der Waals surface area contributed by atoms with E-state index in [9.17, 15) is 4.79 Å². The first kappa shape index (κ1) is 11.4. The summed E-state index contributed by atoms with van der Waals surface area (Å²) in [5, 5.41) is 0. The van der Waals surface area contributed by atoms with Gasteiger partial charge in [0.05, 0.1) is 17.7 Å². The first-order valence-corrected chi connectivity index (χ1v) is 6.23. The Balaban J connectivity index is 3.20. The highest BCUT2D eigenvalue weighted by atomic mass is 32.2. The van der Waals surface area contributed by atoms with Gasteiger partial charge in [-0.15, -0.1) is 23.1 Å². The average Bonchev–Trinajstić information content (AvgIpc) is 2.53. The minimum Gasteiger partial charge on any atom is -0.492 e. The van der Waals surface area contributed by atoms with Gasteiger partial charge in [0.15, 0.2) is 11.5 Å². The van der Waals surface area contributed by atoms with Crippen molar-refractivity contribution in [3.8, 4) is 5.75 Å². The van der Waals surface area contributed by atoms with Crippen LogP contribution in [-0.4, -0.2) is 19.1 Å². The van der Waals surface area contributed by atoms with E-state index in [1.807, 2.05) is 13.2 Å². The lowest BCUT2D eigenvalue weighted by atomic mass is 10.2. The molecule has 78 valence electrons. The van der Waals surface area contributed by atoms with Gasteiger partial charge in [-0.3, -0.25) is 4.79 Å². The van der Waals surface area contributed by atoms with Crippen LogP contribution in [-0.2, 0) is 0 Å². The van der Waals surface area contributed by atoms with Gasteiger partial charge in [0.25, 0.3) is 0 Å². The summed E-state index contributed by atoms with van der Waals surface area (Å²) in [7, 11) is 1.57. The van der Waals surface area contributed by atoms with Crippen LogP contribution in [0.4, 0.5) is 5.69 Å². The SMILES string of the molecule is CCC(=O)c1sc(SC)c(OC)c1N. The fourth-order valence-corrected chi connectivity index (χ4v) is 3.00. The zero-order chi connectivity index (χ0) is 10.7. The highest BCUT2D eigenvalue weighted by molar-refractivity contribution is 8.00. The van der Waals surface area contributed by atoms with Crippen molar-refractivity contribution in [3.05, 3.63) is 4.88 Å². The number of anilines is 1. The maximum atomic E-state index is 11.5. The van der Waals surface area contributed by atoms with Crippen molar-refractivity contribution in [2.45, 2.75) is 17.6 Å². The van der Waals surface area contributed by atoms with Crippen LogP contribution >= 0.6 is 23.1 Å². The van der Waals surface area contributed by atoms with Gasteiger partial charge in [0.1, 0.15) is 4.21 Å². The molecule has 1 heterocycles. The fourth-order valence-electron chi connectivity index (χ4n) is 1.10. The second-order valence-corrected chi connectivity index (χ2v) is 4.74. The summed E-state index contributed by atoms with van der Waals surface area (Å²) in [6.45, 7) is 1.83. The summed E-state index contributed by atoms with van der Waals surface area (Å²) in [5.74, 6) is 0.713. The number of carbonyl (C=O) groups is 1. The molecule has 0 fully saturated rings. The first-order chi connectivity index (χ1) is 6.65. The van der Waals surface area contributed by atoms with Gasteiger partial charge in [-0.2, -0.15) is 0 Å². The number of thioether (sulfide) groups is 1. The van der Waals surface area contributed by atoms with E-state index in [2.05, 4.69) is 0 Å². The van der Waals surface area contributed by atoms with Crippen molar-refractivity contribution in [1.29, 1.82) is 0 Å². The Labute approximate surface area is 91.6 Å². The van der Waals surface area contributed by atoms with Gasteiger partial charge in [0.2, 0.25) is 0 Å². The largest absolute Gasteiger partial charge is 0.492 e. The van der Waals surface area contributed by atoms with Crippen molar-refractivity contribution in [1.82, 2.24) is 0 Å². The van der Waals surface area contributed by atoms with E-state index in [0.29, 0.717) is 22.7 Å². The number of nitrogen functional groups attached to an aromatic ring is 1. The van der Waals surface area contributed by atoms with Gasteiger partial charge in [-0.1, -0.05) is 6.92 Å². The highest BCUT2D eigenvalue weighted by Crippen LogP contribution is 2.43. The van der Waals surface area contributed by atoms with E-state index in [1.165, 1.54) is 11.3 Å². The van der Waals surface area contributed by atoms with Crippen LogP contribution in [0.3, 0.4) is 0 Å². The Morgan fingerprint density at radius 2 is 2.29 bits per heavy atom. The number of nitrogens with two attached hydrogens (primary N) is 1. The van der Waals surface area contributed by atoms with Crippen molar-refractivity contribution in [3.63, 3.8) is 0 Å². The molecule has 0 saturated carbocycles. The lowest BCUT2D eigenvalue weighted by Gasteiger charge is -2.00. The Kier molecular flexibility index (Phi) is 3.83. The Morgan fingerprint density at radius 3 is 2.64 bits per heavy atom. The van der Waals surface area contributed by atoms with Crippen molar-refractivity contribution >= 4 is 34.6 Å². The number of rotatable bonds is 4. The molecule has 0 amide bonds. The zero-order valence-electron chi connectivity index (χ0n) is 8.42. The number of carbonyl (C=O) groups excluding carboxylic acids is 1. The molecule has 1 aromatic rings. The summed E-state index contributed by atoms with van der Waals surface area (Å²) < 4.78 is 6.11. The lowest BCUT2D eigenvalue weighted by Crippen LogP contribution is -1.98. The Hall–Kier alpha value is -0.680. The molecule has 0 aliphatic rings. The number of thiophene rings is 1. The van der Waals surface area contributed by atoms with Gasteiger partial charge < -0.3 is 10.5 Å². The normalized spacial score (nSPS) is 10.2. The van der Waals surface area contributed by atoms with Gasteiger partial charge in [0, 0.05) is 6.42 Å². The van der Waals surface area contributed by atoms with E-state index in [-0.39, 0.29) is 5.78 Å². The topological polar surface area (TPSA) is 52.3 Å². The van der Waals surface area contributed by atoms with Crippen molar-refractivity contribution in [2.24, 2.45) is 0 Å². The molecule has 1 rings (SSSR count). The maximum Gasteiger partial charge on any atom is 0.174 e. The number of Topliss-reactive ketones (excluding diaryl/α,β-unsaturated/α-hetero) is 1. The summed E-state index contributed by atoms with van der Waals surface area (Å²) >= 11 is 2.95. The average molecular weight is 231 g/mol. The third kappa shape index (κ3) is 1.88. The minimum atomic E-state index is 0.0751. The summed E-state index contributed by atoms with van der Waals surface area (Å²) in [5.41, 5.74) is 6.30. The van der Waals surface area contributed by atoms with Crippen LogP contribution in [0.25, 0.3) is 0 Å². The van der Waals surface area contributed by atoms with Crippen molar-refractivity contribution in [2.75, 3.05) is 19.1 Å². The number of methoxy groups -OCH3 is 1. The quantitative estimate of drug-likeness (QED) is 0.639. The predicted molar refractivity (Wildman–Crippen MR) is 61.7 cm³/mol. The van der Waals surface area contributed by atoms with Crippen LogP contribution in [0.5, 0.6) is 5.75 Å². The number of hydrogen-bond donors (Lipinski definition) is 1. The monoisotopic (exact) mass is 231 g/mol. The molecule has 2 N–H and O–H groups in total. The predicted octanol–water partition coefficient (Wildman–Crippen LogP) is 2.65. The van der Waals surface area contributed by atoms with Crippen LogP contribution in [0.2, 0.25) is 0 Å². The molecule has 0 bridgehead atoms. The summed E-state index contributed by atoms with van der Waals surface area (Å²) in [6, 6.07) is 0. The maximum absolute atomic E-state index is 11.5. The molecule has 0 unspecified atom stereocenters. The number of hydrogen-bond acceptors (Lipinski definition) is 5. The first-order valence-electron chi connectivity index (χ1n) is 4.19. The molecule has 0 aliphatic heterocycles. The van der Waals surface area contributed by atoms with Gasteiger partial charge in [-0.05, 0) is 6.26 Å². The molecular formula is C9H13NO2S2. The molecule has 0 saturated heterocycles. The molecule has 0 spiro atoms. The number of ketones is 1. The van der Waals surface area contributed by atoms with E-state index in [0.717, 1.165) is 4.21 Å². The molecule has 14 heavy (non-hydrogen) atoms. The van der Waals surface area contributed by atoms with E-state index >= 15 is 0 Å². The number of ether oxygens (including phenoxy) is 1. The second kappa shape index (κ2) is 4.70. The third-order valence-electron chi connectivity index (χ3n) is 1.83. The standard InChI is InChI=1S/C9H13NO2S2/c1-4-5(11)8-6(10)7(12-2)9(13-3)14-8/h4,10H2,1-3H3. The molecule has 3 nitrogen and oxygen atoms in total. The molecular weight excluding hydrogens is 218 g/mol. The molecule has 0 aromatic carbocycles.